The van der Waals surface area contributed by atoms with Gasteiger partial charge in [-0.25, -0.2) is 13.4 Å². The third-order valence-electron chi connectivity index (χ3n) is 4.73. The lowest BCUT2D eigenvalue weighted by Crippen LogP contribution is -2.20. The van der Waals surface area contributed by atoms with Gasteiger partial charge in [-0.15, -0.1) is 11.3 Å². The number of aryl methyl sites for hydroxylation is 1. The van der Waals surface area contributed by atoms with Crippen molar-refractivity contribution in [2.24, 2.45) is 0 Å². The van der Waals surface area contributed by atoms with Gasteiger partial charge in [-0.2, -0.15) is 0 Å². The topological polar surface area (TPSA) is 104 Å². The van der Waals surface area contributed by atoms with Crippen molar-refractivity contribution in [2.75, 3.05) is 5.75 Å². The van der Waals surface area contributed by atoms with Crippen LogP contribution in [-0.2, 0) is 21.1 Å². The monoisotopic (exact) mass is 475 g/mol. The van der Waals surface area contributed by atoms with Crippen molar-refractivity contribution in [3.8, 4) is 0 Å². The van der Waals surface area contributed by atoms with Crippen molar-refractivity contribution < 1.29 is 28.0 Å². The third-order valence-corrected chi connectivity index (χ3v) is 8.22. The second kappa shape index (κ2) is 7.99. The first-order chi connectivity index (χ1) is 14.7. The number of hydrogen-bond acceptors (Lipinski definition) is 7. The summed E-state index contributed by atoms with van der Waals surface area (Å²) in [6, 6.07) is 11.1. The van der Waals surface area contributed by atoms with Gasteiger partial charge in [0.2, 0.25) is 0 Å². The van der Waals surface area contributed by atoms with Gasteiger partial charge in [0.1, 0.15) is 21.2 Å². The van der Waals surface area contributed by atoms with Crippen LogP contribution in [0.15, 0.2) is 52.9 Å². The Bertz CT molecular complexity index is 1360. The number of nitrogens with zero attached hydrogens (tertiary/aromatic N) is 2. The van der Waals surface area contributed by atoms with Crippen LogP contribution in [0.1, 0.15) is 27.2 Å². The van der Waals surface area contributed by atoms with E-state index in [4.69, 9.17) is 11.6 Å². The van der Waals surface area contributed by atoms with Crippen LogP contribution < -0.4 is 0 Å². The zero-order chi connectivity index (χ0) is 22.3. The maximum atomic E-state index is 12.7. The number of carbonyl (C=O) groups excluding carboxylic acids is 2. The molecule has 7 nitrogen and oxygen atoms in total. The van der Waals surface area contributed by atoms with Gasteiger partial charge in [0, 0.05) is 23.4 Å². The van der Waals surface area contributed by atoms with Crippen molar-refractivity contribution in [3.63, 3.8) is 0 Å². The van der Waals surface area contributed by atoms with Gasteiger partial charge in [-0.3, -0.25) is 14.8 Å². The molecule has 0 saturated heterocycles. The van der Waals surface area contributed by atoms with Crippen LogP contribution in [0.4, 0.5) is 5.69 Å². The number of aromatic nitrogens is 1. The molecule has 1 aliphatic heterocycles. The maximum absolute atomic E-state index is 12.7. The van der Waals surface area contributed by atoms with Crippen LogP contribution >= 0.6 is 22.9 Å². The van der Waals surface area contributed by atoms with Crippen molar-refractivity contribution in [2.45, 2.75) is 17.6 Å². The Morgan fingerprint density at radius 1 is 1.19 bits per heavy atom. The first kappa shape index (κ1) is 21.4. The van der Waals surface area contributed by atoms with Gasteiger partial charge in [-0.1, -0.05) is 23.7 Å². The number of fused-ring (bicyclic) bond motifs is 1. The Balaban J connectivity index is 1.50. The fourth-order valence-corrected chi connectivity index (χ4v) is 6.09. The molecule has 2 aromatic heterocycles. The molecular weight excluding hydrogens is 460 g/mol. The summed E-state index contributed by atoms with van der Waals surface area (Å²) in [6.45, 7) is 1.86. The minimum Gasteiger partial charge on any atom is -0.298 e. The molecule has 0 amide bonds. The summed E-state index contributed by atoms with van der Waals surface area (Å²) in [6.07, 6.45) is 1.27. The molecule has 0 aliphatic carbocycles. The predicted molar refractivity (Wildman–Crippen MR) is 116 cm³/mol. The first-order valence-corrected chi connectivity index (χ1v) is 12.0. The number of Topliss-reactive ketones (excluding diaryl/α,β-unsaturated/α-hetero) is 2. The number of halogens is 1. The van der Waals surface area contributed by atoms with Gasteiger partial charge in [0.15, 0.2) is 15.6 Å². The lowest BCUT2D eigenvalue weighted by atomic mass is 10.0. The molecule has 31 heavy (non-hydrogen) atoms. The van der Waals surface area contributed by atoms with E-state index in [0.29, 0.717) is 21.2 Å². The molecule has 10 heteroatoms. The standard InChI is InChI=1S/C21H16ClN2O5S2/c1-12-2-4-15-17(8-12)24(27)20(21(15)26)16-5-3-13(10-23-16)9-14(25)11-31(28,29)19-7-6-18(22)30-19/h2-8,10,27H,9,11H2,1H3/q+1. The lowest BCUT2D eigenvalue weighted by Gasteiger charge is -2.03. The average Bonchev–Trinajstić information content (AvgIpc) is 3.25. The highest BCUT2D eigenvalue weighted by molar-refractivity contribution is 7.94. The molecule has 1 aliphatic rings. The summed E-state index contributed by atoms with van der Waals surface area (Å²) >= 11 is 6.68. The van der Waals surface area contributed by atoms with E-state index in [9.17, 15) is 23.2 Å². The normalized spacial score (nSPS) is 13.5. The summed E-state index contributed by atoms with van der Waals surface area (Å²) < 4.78 is 25.8. The average molecular weight is 476 g/mol. The summed E-state index contributed by atoms with van der Waals surface area (Å²) in [7, 11) is -3.75. The fraction of sp³-hybridized carbons (Fsp3) is 0.143. The molecule has 0 unspecified atom stereocenters. The Morgan fingerprint density at radius 3 is 2.61 bits per heavy atom. The fourth-order valence-electron chi connectivity index (χ4n) is 3.27. The highest BCUT2D eigenvalue weighted by atomic mass is 35.5. The molecule has 3 heterocycles. The number of ketones is 2. The van der Waals surface area contributed by atoms with Crippen molar-refractivity contribution in [1.82, 2.24) is 4.98 Å². The van der Waals surface area contributed by atoms with Crippen LogP contribution in [0.3, 0.4) is 0 Å². The zero-order valence-corrected chi connectivity index (χ0v) is 18.6. The van der Waals surface area contributed by atoms with E-state index in [1.165, 1.54) is 24.4 Å². The van der Waals surface area contributed by atoms with Crippen LogP contribution in [0, 0.1) is 6.92 Å². The van der Waals surface area contributed by atoms with E-state index in [1.54, 1.807) is 24.3 Å². The Hall–Kier alpha value is -2.88. The molecule has 0 fully saturated rings. The number of pyridine rings is 1. The van der Waals surface area contributed by atoms with Gasteiger partial charge >= 0.3 is 5.71 Å². The van der Waals surface area contributed by atoms with Gasteiger partial charge in [0.25, 0.3) is 11.5 Å². The number of sulfone groups is 1. The van der Waals surface area contributed by atoms with Gasteiger partial charge in [-0.05, 0) is 42.3 Å². The third kappa shape index (κ3) is 4.16. The summed E-state index contributed by atoms with van der Waals surface area (Å²) in [5, 5.41) is 10.4. The minimum atomic E-state index is -3.75. The molecule has 158 valence electrons. The number of hydrogen-bond donors (Lipinski definition) is 1. The lowest BCUT2D eigenvalue weighted by molar-refractivity contribution is -0.710. The molecule has 0 saturated carbocycles. The molecule has 0 bridgehead atoms. The van der Waals surface area contributed by atoms with Crippen molar-refractivity contribution >= 4 is 55.7 Å². The van der Waals surface area contributed by atoms with Crippen LogP contribution in [0.25, 0.3) is 0 Å². The smallest absolute Gasteiger partial charge is 0.298 e. The predicted octanol–water partition coefficient (Wildman–Crippen LogP) is 3.41. The van der Waals surface area contributed by atoms with Gasteiger partial charge in [0.05, 0.1) is 4.34 Å². The molecule has 0 spiro atoms. The molecule has 0 atom stereocenters. The van der Waals surface area contributed by atoms with Crippen LogP contribution in [0.2, 0.25) is 4.34 Å². The number of rotatable bonds is 6. The number of thiophene rings is 1. The van der Waals surface area contributed by atoms with Crippen molar-refractivity contribution in [1.29, 1.82) is 0 Å². The van der Waals surface area contributed by atoms with E-state index < -0.39 is 21.4 Å². The highest BCUT2D eigenvalue weighted by Gasteiger charge is 2.41. The van der Waals surface area contributed by atoms with E-state index in [-0.39, 0.29) is 27.8 Å². The van der Waals surface area contributed by atoms with E-state index in [1.807, 2.05) is 6.92 Å². The zero-order valence-electron chi connectivity index (χ0n) is 16.2. The minimum absolute atomic E-state index is 0.0237. The Kier molecular flexibility index (Phi) is 5.50. The van der Waals surface area contributed by atoms with Crippen LogP contribution in [0.5, 0.6) is 0 Å². The molecule has 1 aromatic carbocycles. The Morgan fingerprint density at radius 2 is 1.97 bits per heavy atom. The van der Waals surface area contributed by atoms with Crippen LogP contribution in [-0.4, -0.2) is 46.4 Å². The second-order valence-electron chi connectivity index (χ2n) is 7.09. The molecular formula is C21H16ClN2O5S2+. The second-order valence-corrected chi connectivity index (χ2v) is 11.0. The van der Waals surface area contributed by atoms with Gasteiger partial charge < -0.3 is 0 Å². The van der Waals surface area contributed by atoms with Crippen molar-refractivity contribution in [3.05, 3.63) is 75.4 Å². The number of benzene rings is 1. The summed E-state index contributed by atoms with van der Waals surface area (Å²) in [5.74, 6) is -1.48. The van der Waals surface area contributed by atoms with E-state index in [2.05, 4.69) is 4.98 Å². The summed E-state index contributed by atoms with van der Waals surface area (Å²) in [5.41, 5.74) is 2.43. The summed E-state index contributed by atoms with van der Waals surface area (Å²) in [4.78, 5) is 29.2. The number of carbonyl (C=O) groups is 2. The molecule has 4 rings (SSSR count). The van der Waals surface area contributed by atoms with E-state index in [0.717, 1.165) is 21.6 Å². The quantitative estimate of drug-likeness (QED) is 0.432. The molecule has 1 N–H and O–H groups in total. The Labute approximate surface area is 187 Å². The molecule has 0 radical (unpaired) electrons. The van der Waals surface area contributed by atoms with E-state index >= 15 is 0 Å². The largest absolute Gasteiger partial charge is 0.331 e. The molecule has 3 aromatic rings. The maximum Gasteiger partial charge on any atom is 0.331 e. The first-order valence-electron chi connectivity index (χ1n) is 9.12. The highest BCUT2D eigenvalue weighted by Crippen LogP contribution is 2.28. The SMILES string of the molecule is Cc1ccc2c(c1)[N+](O)=C(c1ccc(CC(=O)CS(=O)(=O)c3ccc(Cl)s3)cn1)C2=O.